The van der Waals surface area contributed by atoms with Crippen molar-refractivity contribution in [2.45, 2.75) is 32.4 Å². The smallest absolute Gasteiger partial charge is 0.268 e. The Labute approximate surface area is 180 Å². The van der Waals surface area contributed by atoms with Crippen molar-refractivity contribution < 1.29 is 14.3 Å². The number of aromatic amines is 1. The van der Waals surface area contributed by atoms with E-state index in [1.165, 1.54) is 6.20 Å². The van der Waals surface area contributed by atoms with Gasteiger partial charge in [-0.15, -0.1) is 0 Å². The number of rotatable bonds is 8. The molecule has 2 aromatic heterocycles. The van der Waals surface area contributed by atoms with Gasteiger partial charge in [0.1, 0.15) is 23.5 Å². The van der Waals surface area contributed by atoms with Crippen molar-refractivity contribution in [2.75, 3.05) is 7.11 Å². The molecule has 0 fully saturated rings. The van der Waals surface area contributed by atoms with E-state index in [0.29, 0.717) is 23.4 Å². The van der Waals surface area contributed by atoms with Crippen LogP contribution in [0.3, 0.4) is 0 Å². The SMILES string of the molecule is COc1cccc2[nH]c(C(=O)N[C@@H](CC(C)C)C(=O)NC(C#N)c3cccnc3)cc12. The number of carbonyl (C=O) groups excluding carboxylic acids is 2. The van der Waals surface area contributed by atoms with Crippen molar-refractivity contribution in [2.24, 2.45) is 5.92 Å². The number of ether oxygens (including phenoxy) is 1. The molecule has 1 unspecified atom stereocenters. The molecule has 0 spiro atoms. The number of nitrogens with zero attached hydrogens (tertiary/aromatic N) is 2. The first-order valence-electron chi connectivity index (χ1n) is 9.99. The van der Waals surface area contributed by atoms with Crippen LogP contribution in [0, 0.1) is 17.2 Å². The Bertz CT molecular complexity index is 1100. The molecule has 0 bridgehead atoms. The number of methoxy groups -OCH3 is 1. The van der Waals surface area contributed by atoms with Gasteiger partial charge in [0, 0.05) is 28.9 Å². The van der Waals surface area contributed by atoms with E-state index in [2.05, 4.69) is 26.7 Å². The predicted molar refractivity (Wildman–Crippen MR) is 116 cm³/mol. The van der Waals surface area contributed by atoms with Crippen molar-refractivity contribution in [3.05, 3.63) is 60.0 Å². The summed E-state index contributed by atoms with van der Waals surface area (Å²) in [6, 6.07) is 11.0. The summed E-state index contributed by atoms with van der Waals surface area (Å²) in [5.74, 6) is -0.0320. The Morgan fingerprint density at radius 3 is 2.68 bits per heavy atom. The Morgan fingerprint density at radius 2 is 2.03 bits per heavy atom. The number of hydrogen-bond acceptors (Lipinski definition) is 5. The molecule has 0 aliphatic carbocycles. The van der Waals surface area contributed by atoms with Crippen LogP contribution in [0.2, 0.25) is 0 Å². The van der Waals surface area contributed by atoms with Gasteiger partial charge < -0.3 is 20.4 Å². The minimum atomic E-state index is -0.856. The van der Waals surface area contributed by atoms with Crippen LogP contribution in [0.15, 0.2) is 48.8 Å². The van der Waals surface area contributed by atoms with E-state index in [-0.39, 0.29) is 5.92 Å². The van der Waals surface area contributed by atoms with Gasteiger partial charge in [0.05, 0.1) is 13.2 Å². The summed E-state index contributed by atoms with van der Waals surface area (Å²) < 4.78 is 5.34. The Hall–Kier alpha value is -3.86. The molecule has 2 atom stereocenters. The summed E-state index contributed by atoms with van der Waals surface area (Å²) in [5.41, 5.74) is 1.66. The largest absolute Gasteiger partial charge is 0.496 e. The van der Waals surface area contributed by atoms with Gasteiger partial charge in [-0.2, -0.15) is 5.26 Å². The zero-order valence-electron chi connectivity index (χ0n) is 17.7. The zero-order valence-corrected chi connectivity index (χ0v) is 17.7. The topological polar surface area (TPSA) is 120 Å². The maximum absolute atomic E-state index is 12.9. The van der Waals surface area contributed by atoms with Crippen LogP contribution in [0.5, 0.6) is 5.75 Å². The molecule has 2 amide bonds. The fraction of sp³-hybridized carbons (Fsp3) is 0.304. The van der Waals surface area contributed by atoms with Crippen molar-refractivity contribution in [3.8, 4) is 11.8 Å². The summed E-state index contributed by atoms with van der Waals surface area (Å²) in [6.07, 6.45) is 3.55. The van der Waals surface area contributed by atoms with E-state index in [0.717, 1.165) is 10.9 Å². The van der Waals surface area contributed by atoms with Crippen LogP contribution in [0.1, 0.15) is 42.4 Å². The third-order valence-electron chi connectivity index (χ3n) is 4.85. The van der Waals surface area contributed by atoms with E-state index in [1.54, 1.807) is 31.5 Å². The lowest BCUT2D eigenvalue weighted by Gasteiger charge is -2.21. The van der Waals surface area contributed by atoms with Crippen LogP contribution < -0.4 is 15.4 Å². The molecule has 0 aliphatic rings. The van der Waals surface area contributed by atoms with E-state index in [4.69, 9.17) is 4.74 Å². The van der Waals surface area contributed by atoms with Crippen molar-refractivity contribution in [1.29, 1.82) is 5.26 Å². The molecule has 1 aromatic carbocycles. The number of aromatic nitrogens is 2. The number of carbonyl (C=O) groups is 2. The Morgan fingerprint density at radius 1 is 1.23 bits per heavy atom. The highest BCUT2D eigenvalue weighted by Gasteiger charge is 2.26. The molecule has 31 heavy (non-hydrogen) atoms. The number of H-pyrrole nitrogens is 1. The molecule has 3 N–H and O–H groups in total. The molecule has 0 saturated carbocycles. The third kappa shape index (κ3) is 5.20. The van der Waals surface area contributed by atoms with E-state index < -0.39 is 23.9 Å². The molecule has 0 aliphatic heterocycles. The van der Waals surface area contributed by atoms with Gasteiger partial charge in [0.2, 0.25) is 5.91 Å². The van der Waals surface area contributed by atoms with Gasteiger partial charge >= 0.3 is 0 Å². The second kappa shape index (κ2) is 9.76. The molecule has 8 nitrogen and oxygen atoms in total. The minimum Gasteiger partial charge on any atom is -0.496 e. The summed E-state index contributed by atoms with van der Waals surface area (Å²) >= 11 is 0. The van der Waals surface area contributed by atoms with Gasteiger partial charge in [-0.1, -0.05) is 26.0 Å². The molecule has 160 valence electrons. The fourth-order valence-corrected chi connectivity index (χ4v) is 3.35. The lowest BCUT2D eigenvalue weighted by molar-refractivity contribution is -0.123. The van der Waals surface area contributed by atoms with Gasteiger partial charge in [-0.05, 0) is 36.6 Å². The molecule has 0 radical (unpaired) electrons. The number of benzene rings is 1. The predicted octanol–water partition coefficient (Wildman–Crippen LogP) is 3.10. The lowest BCUT2D eigenvalue weighted by Crippen LogP contribution is -2.48. The summed E-state index contributed by atoms with van der Waals surface area (Å²) in [5, 5.41) is 15.8. The molecule has 3 aromatic rings. The van der Waals surface area contributed by atoms with Gasteiger partial charge in [0.15, 0.2) is 0 Å². The highest BCUT2D eigenvalue weighted by molar-refractivity contribution is 6.01. The standard InChI is InChI=1S/C23H25N5O3/c1-14(2)10-18(22(29)28-20(12-24)15-6-5-9-25-13-15)27-23(30)19-11-16-17(26-19)7-4-8-21(16)31-3/h4-9,11,13-14,18,20,26H,10H2,1-3H3,(H,27,30)(H,28,29)/t18-,20?/m0/s1. The van der Waals surface area contributed by atoms with E-state index in [9.17, 15) is 14.9 Å². The normalized spacial score (nSPS) is 12.7. The first-order chi connectivity index (χ1) is 14.9. The highest BCUT2D eigenvalue weighted by atomic mass is 16.5. The second-order valence-electron chi connectivity index (χ2n) is 7.62. The number of fused-ring (bicyclic) bond motifs is 1. The maximum Gasteiger partial charge on any atom is 0.268 e. The van der Waals surface area contributed by atoms with Crippen LogP contribution in [0.4, 0.5) is 0 Å². The number of pyridine rings is 1. The molecule has 8 heteroatoms. The average Bonchev–Trinajstić information content (AvgIpc) is 3.21. The van der Waals surface area contributed by atoms with E-state index >= 15 is 0 Å². The van der Waals surface area contributed by atoms with E-state index in [1.807, 2.05) is 32.0 Å². The minimum absolute atomic E-state index is 0.151. The molecule has 0 saturated heterocycles. The van der Waals surface area contributed by atoms with Crippen LogP contribution >= 0.6 is 0 Å². The number of nitriles is 1. The number of hydrogen-bond donors (Lipinski definition) is 3. The molecular formula is C23H25N5O3. The van der Waals surface area contributed by atoms with Gasteiger partial charge in [0.25, 0.3) is 5.91 Å². The third-order valence-corrected chi connectivity index (χ3v) is 4.85. The van der Waals surface area contributed by atoms with Crippen LogP contribution in [-0.2, 0) is 4.79 Å². The molecular weight excluding hydrogens is 394 g/mol. The second-order valence-corrected chi connectivity index (χ2v) is 7.62. The van der Waals surface area contributed by atoms with Gasteiger partial charge in [-0.3, -0.25) is 14.6 Å². The molecule has 3 rings (SSSR count). The highest BCUT2D eigenvalue weighted by Crippen LogP contribution is 2.26. The number of nitrogens with one attached hydrogen (secondary N) is 3. The summed E-state index contributed by atoms with van der Waals surface area (Å²) in [7, 11) is 1.57. The first-order valence-corrected chi connectivity index (χ1v) is 9.99. The van der Waals surface area contributed by atoms with Crippen molar-refractivity contribution >= 4 is 22.7 Å². The molecule has 2 heterocycles. The fourth-order valence-electron chi connectivity index (χ4n) is 3.35. The van der Waals surface area contributed by atoms with Crippen LogP contribution in [-0.4, -0.2) is 34.9 Å². The Kier molecular flexibility index (Phi) is 6.88. The van der Waals surface area contributed by atoms with Gasteiger partial charge in [-0.25, -0.2) is 0 Å². The summed E-state index contributed by atoms with van der Waals surface area (Å²) in [4.78, 5) is 32.9. The first kappa shape index (κ1) is 21.8. The number of amides is 2. The Balaban J connectivity index is 1.78. The summed E-state index contributed by atoms with van der Waals surface area (Å²) in [6.45, 7) is 3.92. The lowest BCUT2D eigenvalue weighted by atomic mass is 10.0. The average molecular weight is 419 g/mol. The quantitative estimate of drug-likeness (QED) is 0.518. The monoisotopic (exact) mass is 419 g/mol. The maximum atomic E-state index is 12.9. The zero-order chi connectivity index (χ0) is 22.4. The van der Waals surface area contributed by atoms with Crippen molar-refractivity contribution in [1.82, 2.24) is 20.6 Å². The van der Waals surface area contributed by atoms with Crippen molar-refractivity contribution in [3.63, 3.8) is 0 Å². The van der Waals surface area contributed by atoms with Crippen LogP contribution in [0.25, 0.3) is 10.9 Å².